The van der Waals surface area contributed by atoms with Crippen molar-refractivity contribution in [3.05, 3.63) is 0 Å². The molecule has 21 heavy (non-hydrogen) atoms. The second kappa shape index (κ2) is 11.5. The van der Waals surface area contributed by atoms with E-state index in [0.29, 0.717) is 6.04 Å². The zero-order valence-electron chi connectivity index (χ0n) is 16.0. The maximum atomic E-state index is 3.86. The molecular formula is C19H42N2. The van der Waals surface area contributed by atoms with Gasteiger partial charge in [-0.3, -0.25) is 4.90 Å². The van der Waals surface area contributed by atoms with Crippen molar-refractivity contribution >= 4 is 0 Å². The molecule has 0 bridgehead atoms. The molecule has 0 aromatic carbocycles. The van der Waals surface area contributed by atoms with Crippen LogP contribution < -0.4 is 5.32 Å². The van der Waals surface area contributed by atoms with E-state index in [-0.39, 0.29) is 5.54 Å². The molecule has 0 aromatic rings. The Morgan fingerprint density at radius 1 is 0.952 bits per heavy atom. The quantitative estimate of drug-likeness (QED) is 0.510. The highest BCUT2D eigenvalue weighted by molar-refractivity contribution is 4.94. The van der Waals surface area contributed by atoms with E-state index in [1.165, 1.54) is 38.5 Å². The lowest BCUT2D eigenvalue weighted by Gasteiger charge is -2.45. The summed E-state index contributed by atoms with van der Waals surface area (Å²) in [6.45, 7) is 19.8. The highest BCUT2D eigenvalue weighted by atomic mass is 15.2. The Labute approximate surface area is 135 Å². The van der Waals surface area contributed by atoms with Crippen LogP contribution in [-0.2, 0) is 0 Å². The third-order valence-electron chi connectivity index (χ3n) is 5.18. The van der Waals surface area contributed by atoms with Gasteiger partial charge in [0.05, 0.1) is 0 Å². The largest absolute Gasteiger partial charge is 0.312 e. The standard InChI is InChI=1S/C19H42N2/c1-8-13-14-17(10-3)16-18(20-15-9-2)19(6,7)21(11-4)12-5/h17-18,20H,8-16H2,1-7H3. The molecule has 0 saturated heterocycles. The van der Waals surface area contributed by atoms with Crippen molar-refractivity contribution in [2.24, 2.45) is 5.92 Å². The van der Waals surface area contributed by atoms with E-state index in [0.717, 1.165) is 25.6 Å². The summed E-state index contributed by atoms with van der Waals surface area (Å²) in [5.41, 5.74) is 0.234. The van der Waals surface area contributed by atoms with Crippen molar-refractivity contribution in [3.63, 3.8) is 0 Å². The van der Waals surface area contributed by atoms with E-state index < -0.39 is 0 Å². The number of rotatable bonds is 13. The fourth-order valence-corrected chi connectivity index (χ4v) is 3.51. The third-order valence-corrected chi connectivity index (χ3v) is 5.18. The Bertz CT molecular complexity index is 234. The van der Waals surface area contributed by atoms with Gasteiger partial charge in [0.1, 0.15) is 0 Å². The van der Waals surface area contributed by atoms with Gasteiger partial charge in [-0.2, -0.15) is 0 Å². The van der Waals surface area contributed by atoms with Gasteiger partial charge >= 0.3 is 0 Å². The average molecular weight is 299 g/mol. The van der Waals surface area contributed by atoms with Gasteiger partial charge in [0, 0.05) is 11.6 Å². The molecule has 0 amide bonds. The van der Waals surface area contributed by atoms with Gasteiger partial charge in [0.2, 0.25) is 0 Å². The molecule has 0 aromatic heterocycles. The summed E-state index contributed by atoms with van der Waals surface area (Å²) >= 11 is 0. The van der Waals surface area contributed by atoms with Crippen LogP contribution in [0.4, 0.5) is 0 Å². The van der Waals surface area contributed by atoms with E-state index in [1.54, 1.807) is 0 Å². The van der Waals surface area contributed by atoms with Crippen LogP contribution in [0.3, 0.4) is 0 Å². The van der Waals surface area contributed by atoms with Crippen LogP contribution in [0.2, 0.25) is 0 Å². The van der Waals surface area contributed by atoms with E-state index in [4.69, 9.17) is 0 Å². The number of unbranched alkanes of at least 4 members (excludes halogenated alkanes) is 1. The van der Waals surface area contributed by atoms with Gasteiger partial charge in [-0.15, -0.1) is 0 Å². The Kier molecular flexibility index (Phi) is 11.4. The Morgan fingerprint density at radius 3 is 2.00 bits per heavy atom. The Morgan fingerprint density at radius 2 is 1.57 bits per heavy atom. The normalized spacial score (nSPS) is 15.4. The summed E-state index contributed by atoms with van der Waals surface area (Å²) in [4.78, 5) is 2.62. The van der Waals surface area contributed by atoms with Crippen molar-refractivity contribution in [2.75, 3.05) is 19.6 Å². The monoisotopic (exact) mass is 298 g/mol. The summed E-state index contributed by atoms with van der Waals surface area (Å²) in [5.74, 6) is 0.870. The van der Waals surface area contributed by atoms with Crippen molar-refractivity contribution < 1.29 is 0 Å². The van der Waals surface area contributed by atoms with Gasteiger partial charge in [0.25, 0.3) is 0 Å². The maximum absolute atomic E-state index is 3.86. The number of hydrogen-bond acceptors (Lipinski definition) is 2. The fourth-order valence-electron chi connectivity index (χ4n) is 3.51. The fraction of sp³-hybridized carbons (Fsp3) is 1.00. The number of nitrogens with one attached hydrogen (secondary N) is 1. The first-order chi connectivity index (χ1) is 9.97. The smallest absolute Gasteiger partial charge is 0.0306 e. The van der Waals surface area contributed by atoms with Crippen molar-refractivity contribution in [3.8, 4) is 0 Å². The summed E-state index contributed by atoms with van der Waals surface area (Å²) in [7, 11) is 0. The molecule has 2 heteroatoms. The van der Waals surface area contributed by atoms with Gasteiger partial charge < -0.3 is 5.32 Å². The molecule has 0 aliphatic heterocycles. The second-order valence-electron chi connectivity index (χ2n) is 6.98. The topological polar surface area (TPSA) is 15.3 Å². The number of likely N-dealkylation sites (N-methyl/N-ethyl adjacent to an activating group) is 1. The van der Waals surface area contributed by atoms with Crippen LogP contribution in [0.25, 0.3) is 0 Å². The molecule has 0 radical (unpaired) electrons. The second-order valence-corrected chi connectivity index (χ2v) is 6.98. The molecule has 0 fully saturated rings. The summed E-state index contributed by atoms with van der Waals surface area (Å²) in [5, 5.41) is 3.86. The lowest BCUT2D eigenvalue weighted by Crippen LogP contribution is -2.58. The van der Waals surface area contributed by atoms with Crippen LogP contribution in [0.5, 0.6) is 0 Å². The van der Waals surface area contributed by atoms with Crippen LogP contribution in [0.15, 0.2) is 0 Å². The molecule has 0 aliphatic rings. The van der Waals surface area contributed by atoms with Crippen molar-refractivity contribution in [1.29, 1.82) is 0 Å². The molecule has 0 rings (SSSR count). The maximum Gasteiger partial charge on any atom is 0.0306 e. The minimum Gasteiger partial charge on any atom is -0.312 e. The molecule has 2 atom stereocenters. The molecule has 2 nitrogen and oxygen atoms in total. The zero-order chi connectivity index (χ0) is 16.3. The van der Waals surface area contributed by atoms with E-state index >= 15 is 0 Å². The van der Waals surface area contributed by atoms with E-state index in [1.807, 2.05) is 0 Å². The molecule has 0 heterocycles. The third kappa shape index (κ3) is 7.15. The van der Waals surface area contributed by atoms with Gasteiger partial charge in [-0.25, -0.2) is 0 Å². The van der Waals surface area contributed by atoms with Gasteiger partial charge in [0.15, 0.2) is 0 Å². The van der Waals surface area contributed by atoms with E-state index in [2.05, 4.69) is 58.7 Å². The SMILES string of the molecule is CCCCC(CC)CC(NCCC)C(C)(C)N(CC)CC. The highest BCUT2D eigenvalue weighted by Gasteiger charge is 2.34. The van der Waals surface area contributed by atoms with Crippen LogP contribution in [0.1, 0.15) is 87.0 Å². The minimum atomic E-state index is 0.234. The average Bonchev–Trinajstić information content (AvgIpc) is 2.47. The molecule has 0 saturated carbocycles. The lowest BCUT2D eigenvalue weighted by atomic mass is 9.82. The van der Waals surface area contributed by atoms with E-state index in [9.17, 15) is 0 Å². The van der Waals surface area contributed by atoms with Crippen LogP contribution >= 0.6 is 0 Å². The van der Waals surface area contributed by atoms with Crippen LogP contribution in [0, 0.1) is 5.92 Å². The molecule has 0 spiro atoms. The predicted molar refractivity (Wildman–Crippen MR) is 97.0 cm³/mol. The first kappa shape index (κ1) is 20.9. The van der Waals surface area contributed by atoms with Crippen LogP contribution in [-0.4, -0.2) is 36.1 Å². The first-order valence-corrected chi connectivity index (χ1v) is 9.46. The summed E-state index contributed by atoms with van der Waals surface area (Å²) in [6, 6.07) is 0.596. The highest BCUT2D eigenvalue weighted by Crippen LogP contribution is 2.27. The predicted octanol–water partition coefficient (Wildman–Crippen LogP) is 5.08. The Hall–Kier alpha value is -0.0800. The molecule has 0 aliphatic carbocycles. The summed E-state index contributed by atoms with van der Waals surface area (Å²) < 4.78 is 0. The lowest BCUT2D eigenvalue weighted by molar-refractivity contribution is 0.0784. The molecule has 128 valence electrons. The molecular weight excluding hydrogens is 256 g/mol. The number of hydrogen-bond donors (Lipinski definition) is 1. The van der Waals surface area contributed by atoms with Crippen molar-refractivity contribution in [2.45, 2.75) is 98.6 Å². The first-order valence-electron chi connectivity index (χ1n) is 9.46. The van der Waals surface area contributed by atoms with Gasteiger partial charge in [-0.05, 0) is 52.2 Å². The molecule has 1 N–H and O–H groups in total. The Balaban J connectivity index is 4.89. The zero-order valence-corrected chi connectivity index (χ0v) is 16.0. The number of nitrogens with zero attached hydrogens (tertiary/aromatic N) is 1. The van der Waals surface area contributed by atoms with Gasteiger partial charge in [-0.1, -0.05) is 60.3 Å². The summed E-state index contributed by atoms with van der Waals surface area (Å²) in [6.07, 6.45) is 7.95. The van der Waals surface area contributed by atoms with Crippen molar-refractivity contribution in [1.82, 2.24) is 10.2 Å². The minimum absolute atomic E-state index is 0.234. The molecule has 2 unspecified atom stereocenters.